The Morgan fingerprint density at radius 1 is 0.882 bits per heavy atom. The Hall–Kier alpha value is -4.53. The molecule has 3 aromatic rings. The zero-order valence-electron chi connectivity index (χ0n) is 18.9. The van der Waals surface area contributed by atoms with Crippen LogP contribution in [-0.2, 0) is 0 Å². The second kappa shape index (κ2) is 11.4. The van der Waals surface area contributed by atoms with Gasteiger partial charge in [-0.3, -0.25) is 4.79 Å². The highest BCUT2D eigenvalue weighted by Crippen LogP contribution is 2.31. The van der Waals surface area contributed by atoms with Crippen molar-refractivity contribution in [1.29, 1.82) is 0 Å². The normalized spacial score (nSPS) is 10.6. The van der Waals surface area contributed by atoms with E-state index in [2.05, 4.69) is 10.5 Å². The standard InChI is InChI=1S/C25H24N2O7/c1-4-33-23-13-16(15-26-27-24(29)17-6-9-19(28)10-7-17)5-11-21(23)34-25(30)18-8-12-20(31-2)22(14-18)32-3/h5-15,28H,4H2,1-3H3,(H,27,29). The minimum absolute atomic E-state index is 0.0652. The van der Waals surface area contributed by atoms with Gasteiger partial charge in [-0.25, -0.2) is 10.2 Å². The summed E-state index contributed by atoms with van der Waals surface area (Å²) in [6, 6.07) is 15.4. The molecule has 0 radical (unpaired) electrons. The van der Waals surface area contributed by atoms with Gasteiger partial charge >= 0.3 is 5.97 Å². The van der Waals surface area contributed by atoms with Crippen LogP contribution in [0.3, 0.4) is 0 Å². The largest absolute Gasteiger partial charge is 0.508 e. The van der Waals surface area contributed by atoms with Gasteiger partial charge in [0.25, 0.3) is 5.91 Å². The molecule has 3 aromatic carbocycles. The fourth-order valence-corrected chi connectivity index (χ4v) is 2.92. The Bertz CT molecular complexity index is 1190. The van der Waals surface area contributed by atoms with E-state index in [4.69, 9.17) is 18.9 Å². The quantitative estimate of drug-likeness (QED) is 0.214. The lowest BCUT2D eigenvalue weighted by atomic mass is 10.2. The van der Waals surface area contributed by atoms with Crippen LogP contribution in [0.1, 0.15) is 33.2 Å². The topological polar surface area (TPSA) is 116 Å². The lowest BCUT2D eigenvalue weighted by Crippen LogP contribution is -2.17. The number of hydrogen-bond acceptors (Lipinski definition) is 8. The van der Waals surface area contributed by atoms with Crippen molar-refractivity contribution in [2.45, 2.75) is 6.92 Å². The molecule has 0 atom stereocenters. The van der Waals surface area contributed by atoms with Crippen LogP contribution < -0.4 is 24.4 Å². The van der Waals surface area contributed by atoms with Crippen molar-refractivity contribution in [3.8, 4) is 28.7 Å². The number of benzene rings is 3. The van der Waals surface area contributed by atoms with Gasteiger partial charge in [0.2, 0.25) is 0 Å². The number of ether oxygens (including phenoxy) is 4. The minimum atomic E-state index is -0.593. The molecule has 0 aliphatic rings. The highest BCUT2D eigenvalue weighted by molar-refractivity contribution is 5.95. The number of hydrogen-bond donors (Lipinski definition) is 2. The van der Waals surface area contributed by atoms with Gasteiger partial charge in [0.05, 0.1) is 32.6 Å². The summed E-state index contributed by atoms with van der Waals surface area (Å²) in [5.41, 5.74) is 3.65. The van der Waals surface area contributed by atoms with Gasteiger partial charge in [-0.05, 0) is 73.2 Å². The molecule has 0 spiro atoms. The average Bonchev–Trinajstić information content (AvgIpc) is 2.85. The molecule has 0 aromatic heterocycles. The van der Waals surface area contributed by atoms with Gasteiger partial charge in [0.15, 0.2) is 23.0 Å². The van der Waals surface area contributed by atoms with Gasteiger partial charge in [-0.2, -0.15) is 5.10 Å². The Labute approximate surface area is 196 Å². The van der Waals surface area contributed by atoms with E-state index < -0.39 is 11.9 Å². The number of nitrogens with zero attached hydrogens (tertiary/aromatic N) is 1. The van der Waals surface area contributed by atoms with E-state index in [1.54, 1.807) is 37.3 Å². The molecular formula is C25H24N2O7. The molecule has 2 N–H and O–H groups in total. The third kappa shape index (κ3) is 6.04. The number of phenolic OH excluding ortho intramolecular Hbond substituents is 1. The van der Waals surface area contributed by atoms with Gasteiger partial charge in [0.1, 0.15) is 5.75 Å². The number of aromatic hydroxyl groups is 1. The Kier molecular flexibility index (Phi) is 8.07. The molecule has 3 rings (SSSR count). The molecule has 9 heteroatoms. The maximum absolute atomic E-state index is 12.7. The molecule has 0 unspecified atom stereocenters. The highest BCUT2D eigenvalue weighted by Gasteiger charge is 2.16. The summed E-state index contributed by atoms with van der Waals surface area (Å²) in [6.45, 7) is 2.15. The van der Waals surface area contributed by atoms with E-state index in [-0.39, 0.29) is 17.1 Å². The fourth-order valence-electron chi connectivity index (χ4n) is 2.92. The summed E-state index contributed by atoms with van der Waals surface area (Å²) < 4.78 is 21.6. The summed E-state index contributed by atoms with van der Waals surface area (Å²) in [4.78, 5) is 24.8. The predicted molar refractivity (Wildman–Crippen MR) is 125 cm³/mol. The third-order valence-corrected chi connectivity index (χ3v) is 4.60. The van der Waals surface area contributed by atoms with Gasteiger partial charge in [0, 0.05) is 5.56 Å². The molecule has 176 valence electrons. The molecule has 34 heavy (non-hydrogen) atoms. The van der Waals surface area contributed by atoms with E-state index >= 15 is 0 Å². The summed E-state index contributed by atoms with van der Waals surface area (Å²) in [5, 5.41) is 13.2. The van der Waals surface area contributed by atoms with Crippen LogP contribution in [0.5, 0.6) is 28.7 Å². The molecule has 0 saturated carbocycles. The number of carbonyl (C=O) groups excluding carboxylic acids is 2. The number of nitrogens with one attached hydrogen (secondary N) is 1. The zero-order chi connectivity index (χ0) is 24.5. The van der Waals surface area contributed by atoms with E-state index in [0.29, 0.717) is 35.0 Å². The highest BCUT2D eigenvalue weighted by atomic mass is 16.6. The van der Waals surface area contributed by atoms with Crippen LogP contribution in [0.15, 0.2) is 65.8 Å². The van der Waals surface area contributed by atoms with Crippen molar-refractivity contribution in [2.75, 3.05) is 20.8 Å². The van der Waals surface area contributed by atoms with E-state index in [0.717, 1.165) is 0 Å². The number of amides is 1. The van der Waals surface area contributed by atoms with Crippen LogP contribution in [0.25, 0.3) is 0 Å². The molecule has 0 aliphatic heterocycles. The van der Waals surface area contributed by atoms with Gasteiger partial charge in [-0.1, -0.05) is 0 Å². The maximum Gasteiger partial charge on any atom is 0.343 e. The molecule has 0 fully saturated rings. The van der Waals surface area contributed by atoms with Crippen LogP contribution in [-0.4, -0.2) is 44.0 Å². The first-order valence-electron chi connectivity index (χ1n) is 10.3. The molecule has 0 bridgehead atoms. The maximum atomic E-state index is 12.7. The summed E-state index contributed by atoms with van der Waals surface area (Å²) >= 11 is 0. The number of phenols is 1. The SMILES string of the molecule is CCOc1cc(C=NNC(=O)c2ccc(O)cc2)ccc1OC(=O)c1ccc(OC)c(OC)c1. The molecule has 1 amide bonds. The van der Waals surface area contributed by atoms with E-state index in [9.17, 15) is 14.7 Å². The molecule has 0 heterocycles. The van der Waals surface area contributed by atoms with Crippen molar-refractivity contribution >= 4 is 18.1 Å². The molecule has 0 aliphatic carbocycles. The number of methoxy groups -OCH3 is 2. The van der Waals surface area contributed by atoms with Crippen molar-refractivity contribution in [3.05, 3.63) is 77.4 Å². The van der Waals surface area contributed by atoms with Crippen LogP contribution >= 0.6 is 0 Å². The smallest absolute Gasteiger partial charge is 0.343 e. The van der Waals surface area contributed by atoms with Crippen LogP contribution in [0.4, 0.5) is 0 Å². The predicted octanol–water partition coefficient (Wildman–Crippen LogP) is 3.79. The number of esters is 1. The monoisotopic (exact) mass is 464 g/mol. The first-order chi connectivity index (χ1) is 16.4. The lowest BCUT2D eigenvalue weighted by molar-refractivity contribution is 0.0727. The van der Waals surface area contributed by atoms with Crippen molar-refractivity contribution < 1.29 is 33.6 Å². The summed E-state index contributed by atoms with van der Waals surface area (Å²) in [7, 11) is 2.99. The number of carbonyl (C=O) groups is 2. The summed E-state index contributed by atoms with van der Waals surface area (Å²) in [5.74, 6) is 0.511. The number of hydrazone groups is 1. The van der Waals surface area contributed by atoms with E-state index in [1.807, 2.05) is 0 Å². The second-order valence-electron chi connectivity index (χ2n) is 6.84. The first kappa shape index (κ1) is 24.1. The number of rotatable bonds is 9. The van der Waals surface area contributed by atoms with Crippen molar-refractivity contribution in [3.63, 3.8) is 0 Å². The Morgan fingerprint density at radius 2 is 1.56 bits per heavy atom. The second-order valence-corrected chi connectivity index (χ2v) is 6.84. The Morgan fingerprint density at radius 3 is 2.24 bits per heavy atom. The molecular weight excluding hydrogens is 440 g/mol. The Balaban J connectivity index is 1.72. The van der Waals surface area contributed by atoms with E-state index in [1.165, 1.54) is 50.8 Å². The van der Waals surface area contributed by atoms with Gasteiger partial charge < -0.3 is 24.1 Å². The van der Waals surface area contributed by atoms with Gasteiger partial charge in [-0.15, -0.1) is 0 Å². The zero-order valence-corrected chi connectivity index (χ0v) is 18.9. The van der Waals surface area contributed by atoms with Crippen molar-refractivity contribution in [1.82, 2.24) is 5.43 Å². The average molecular weight is 464 g/mol. The fraction of sp³-hybridized carbons (Fsp3) is 0.160. The molecule has 9 nitrogen and oxygen atoms in total. The minimum Gasteiger partial charge on any atom is -0.508 e. The first-order valence-corrected chi connectivity index (χ1v) is 10.3. The third-order valence-electron chi connectivity index (χ3n) is 4.60. The molecule has 0 saturated heterocycles. The lowest BCUT2D eigenvalue weighted by Gasteiger charge is -2.12. The van der Waals surface area contributed by atoms with Crippen molar-refractivity contribution in [2.24, 2.45) is 5.10 Å². The van der Waals surface area contributed by atoms with Crippen LogP contribution in [0.2, 0.25) is 0 Å². The van der Waals surface area contributed by atoms with Crippen LogP contribution in [0, 0.1) is 0 Å². The summed E-state index contributed by atoms with van der Waals surface area (Å²) in [6.07, 6.45) is 1.43.